The Labute approximate surface area is 179 Å². The van der Waals surface area contributed by atoms with Crippen LogP contribution >= 0.6 is 0 Å². The van der Waals surface area contributed by atoms with Crippen LogP contribution in [0.1, 0.15) is 37.7 Å². The average Bonchev–Trinajstić information content (AvgIpc) is 3.22. The van der Waals surface area contributed by atoms with E-state index < -0.39 is 28.4 Å². The van der Waals surface area contributed by atoms with Crippen molar-refractivity contribution in [3.05, 3.63) is 64.2 Å². The topological polar surface area (TPSA) is 93.0 Å². The molecule has 0 unspecified atom stereocenters. The average molecular weight is 421 g/mol. The lowest BCUT2D eigenvalue weighted by atomic mass is 9.71. The number of amides is 2. The van der Waals surface area contributed by atoms with Crippen molar-refractivity contribution in [3.8, 4) is 0 Å². The third-order valence-electron chi connectivity index (χ3n) is 6.74. The summed E-state index contributed by atoms with van der Waals surface area (Å²) in [5.74, 6) is -1.44. The molecule has 1 aliphatic carbocycles. The lowest BCUT2D eigenvalue weighted by molar-refractivity contribution is -0.384. The normalized spacial score (nSPS) is 24.7. The van der Waals surface area contributed by atoms with E-state index in [0.717, 1.165) is 48.3 Å². The quantitative estimate of drug-likeness (QED) is 0.424. The summed E-state index contributed by atoms with van der Waals surface area (Å²) >= 11 is 0. The second-order valence-corrected chi connectivity index (χ2v) is 8.59. The minimum Gasteiger partial charge on any atom is -0.273 e. The minimum absolute atomic E-state index is 0.162. The van der Waals surface area contributed by atoms with Crippen LogP contribution in [0.2, 0.25) is 0 Å². The Bertz CT molecular complexity index is 1060. The van der Waals surface area contributed by atoms with E-state index in [1.54, 1.807) is 6.07 Å². The van der Waals surface area contributed by atoms with Crippen LogP contribution in [0.25, 0.3) is 0 Å². The molecular weight excluding hydrogens is 398 g/mol. The van der Waals surface area contributed by atoms with Crippen LogP contribution in [0.3, 0.4) is 0 Å². The first-order chi connectivity index (χ1) is 14.9. The highest BCUT2D eigenvalue weighted by atomic mass is 16.7. The van der Waals surface area contributed by atoms with Gasteiger partial charge >= 0.3 is 0 Å². The number of anilines is 2. The number of rotatable bonds is 3. The molecule has 3 fully saturated rings. The van der Waals surface area contributed by atoms with Crippen molar-refractivity contribution < 1.29 is 19.3 Å². The fraction of sp³-hybridized carbons (Fsp3) is 0.391. The van der Waals surface area contributed by atoms with E-state index in [4.69, 9.17) is 4.84 Å². The molecule has 2 aliphatic heterocycles. The zero-order chi connectivity index (χ0) is 21.8. The fourth-order valence-electron chi connectivity index (χ4n) is 5.29. The van der Waals surface area contributed by atoms with Gasteiger partial charge in [-0.05, 0) is 38.0 Å². The van der Waals surface area contributed by atoms with Crippen molar-refractivity contribution in [2.75, 3.05) is 9.96 Å². The monoisotopic (exact) mass is 421 g/mol. The molecule has 2 heterocycles. The van der Waals surface area contributed by atoms with E-state index in [-0.39, 0.29) is 17.3 Å². The molecule has 2 aromatic carbocycles. The summed E-state index contributed by atoms with van der Waals surface area (Å²) in [5, 5.41) is 13.0. The molecular formula is C23H23N3O5. The van der Waals surface area contributed by atoms with Crippen LogP contribution in [0.5, 0.6) is 0 Å². The Kier molecular flexibility index (Phi) is 4.55. The number of carbonyl (C=O) groups excluding carboxylic acids is 2. The third-order valence-corrected chi connectivity index (χ3v) is 6.74. The molecule has 8 nitrogen and oxygen atoms in total. The lowest BCUT2D eigenvalue weighted by Gasteiger charge is -2.43. The Morgan fingerprint density at radius 3 is 2.39 bits per heavy atom. The number of nitro benzene ring substituents is 1. The zero-order valence-electron chi connectivity index (χ0n) is 17.2. The minimum atomic E-state index is -0.925. The van der Waals surface area contributed by atoms with Gasteiger partial charge in [0.15, 0.2) is 6.10 Å². The number of non-ortho nitro benzene ring substituents is 1. The van der Waals surface area contributed by atoms with E-state index in [2.05, 4.69) is 0 Å². The number of benzene rings is 2. The number of hydroxylamine groups is 1. The summed E-state index contributed by atoms with van der Waals surface area (Å²) in [6.07, 6.45) is 3.57. The van der Waals surface area contributed by atoms with Crippen LogP contribution in [0.4, 0.5) is 17.1 Å². The molecule has 31 heavy (non-hydrogen) atoms. The Hall–Kier alpha value is -3.26. The highest BCUT2D eigenvalue weighted by Crippen LogP contribution is 2.52. The predicted octanol–water partition coefficient (Wildman–Crippen LogP) is 3.92. The second kappa shape index (κ2) is 7.16. The molecule has 2 atom stereocenters. The number of hydrogen-bond acceptors (Lipinski definition) is 6. The third kappa shape index (κ3) is 2.93. The van der Waals surface area contributed by atoms with Crippen molar-refractivity contribution in [2.24, 2.45) is 5.92 Å². The molecule has 2 saturated heterocycles. The van der Waals surface area contributed by atoms with Gasteiger partial charge in [0.25, 0.3) is 11.6 Å². The molecule has 2 amide bonds. The van der Waals surface area contributed by atoms with Crippen molar-refractivity contribution in [1.29, 1.82) is 0 Å². The van der Waals surface area contributed by atoms with E-state index in [9.17, 15) is 19.7 Å². The van der Waals surface area contributed by atoms with Gasteiger partial charge in [-0.15, -0.1) is 0 Å². The number of nitro groups is 1. The van der Waals surface area contributed by atoms with Gasteiger partial charge in [-0.2, -0.15) is 0 Å². The van der Waals surface area contributed by atoms with Gasteiger partial charge in [0.05, 0.1) is 21.8 Å². The first-order valence-corrected chi connectivity index (χ1v) is 10.6. The van der Waals surface area contributed by atoms with Crippen LogP contribution in [0, 0.1) is 23.0 Å². The van der Waals surface area contributed by atoms with Crippen molar-refractivity contribution in [2.45, 2.75) is 50.7 Å². The molecule has 8 heteroatoms. The van der Waals surface area contributed by atoms with Crippen LogP contribution in [0.15, 0.2) is 48.5 Å². The molecule has 1 spiro atoms. The zero-order valence-corrected chi connectivity index (χ0v) is 17.2. The highest BCUT2D eigenvalue weighted by molar-refractivity contribution is 6.24. The highest BCUT2D eigenvalue weighted by Gasteiger charge is 2.67. The summed E-state index contributed by atoms with van der Waals surface area (Å²) in [4.78, 5) is 44.9. The molecule has 0 bridgehead atoms. The van der Waals surface area contributed by atoms with Crippen LogP contribution in [-0.2, 0) is 14.4 Å². The lowest BCUT2D eigenvalue weighted by Crippen LogP contribution is -2.53. The number of aryl methyl sites for hydroxylation is 1. The molecule has 160 valence electrons. The largest absolute Gasteiger partial charge is 0.273 e. The summed E-state index contributed by atoms with van der Waals surface area (Å²) < 4.78 is 0. The molecule has 0 radical (unpaired) electrons. The summed E-state index contributed by atoms with van der Waals surface area (Å²) in [6, 6.07) is 13.5. The van der Waals surface area contributed by atoms with Gasteiger partial charge in [-0.3, -0.25) is 24.5 Å². The standard InChI is InChI=1S/C23H23N3O5/c1-15-8-10-16(11-9-15)25-23(12-3-2-4-13-23)19-20(31-25)22(28)24(21(19)27)17-6-5-7-18(14-17)26(29)30/h5-11,14,19-20H,2-4,12-13H2,1H3/t19-,20+/m1/s1. The van der Waals surface area contributed by atoms with Crippen molar-refractivity contribution in [3.63, 3.8) is 0 Å². The molecule has 2 aromatic rings. The van der Waals surface area contributed by atoms with Gasteiger partial charge in [-0.1, -0.05) is 43.0 Å². The molecule has 3 aliphatic rings. The van der Waals surface area contributed by atoms with E-state index in [1.165, 1.54) is 18.2 Å². The molecule has 0 aromatic heterocycles. The Morgan fingerprint density at radius 2 is 1.71 bits per heavy atom. The maximum atomic E-state index is 13.6. The van der Waals surface area contributed by atoms with Gasteiger partial charge in [0.2, 0.25) is 5.91 Å². The van der Waals surface area contributed by atoms with Crippen LogP contribution in [-0.4, -0.2) is 28.4 Å². The summed E-state index contributed by atoms with van der Waals surface area (Å²) in [6.45, 7) is 2.00. The van der Waals surface area contributed by atoms with E-state index in [0.29, 0.717) is 0 Å². The summed E-state index contributed by atoms with van der Waals surface area (Å²) in [5.41, 5.74) is 1.41. The summed E-state index contributed by atoms with van der Waals surface area (Å²) in [7, 11) is 0. The predicted molar refractivity (Wildman–Crippen MR) is 113 cm³/mol. The van der Waals surface area contributed by atoms with Gasteiger partial charge in [0.1, 0.15) is 5.92 Å². The number of imide groups is 1. The van der Waals surface area contributed by atoms with E-state index >= 15 is 0 Å². The SMILES string of the molecule is Cc1ccc(N2O[C@@H]3C(=O)N(c4cccc([N+](=O)[O-])c4)C(=O)[C@@H]3C23CCCCC3)cc1. The molecule has 5 rings (SSSR count). The number of carbonyl (C=O) groups is 2. The van der Waals surface area contributed by atoms with Crippen LogP contribution < -0.4 is 9.96 Å². The molecule has 1 saturated carbocycles. The smallest absolute Gasteiger partial charge is 0.271 e. The van der Waals surface area contributed by atoms with Gasteiger partial charge < -0.3 is 0 Å². The van der Waals surface area contributed by atoms with Crippen molar-refractivity contribution in [1.82, 2.24) is 0 Å². The number of hydrogen-bond donors (Lipinski definition) is 0. The maximum absolute atomic E-state index is 13.6. The second-order valence-electron chi connectivity index (χ2n) is 8.59. The van der Waals surface area contributed by atoms with Gasteiger partial charge in [-0.25, -0.2) is 9.96 Å². The number of nitrogens with zero attached hydrogens (tertiary/aromatic N) is 3. The first-order valence-electron chi connectivity index (χ1n) is 10.6. The Morgan fingerprint density at radius 1 is 1.00 bits per heavy atom. The fourth-order valence-corrected chi connectivity index (χ4v) is 5.29. The van der Waals surface area contributed by atoms with Crippen molar-refractivity contribution >= 4 is 28.9 Å². The Balaban J connectivity index is 1.55. The van der Waals surface area contributed by atoms with Gasteiger partial charge in [0, 0.05) is 12.1 Å². The number of fused-ring (bicyclic) bond motifs is 2. The van der Waals surface area contributed by atoms with E-state index in [1.807, 2.05) is 36.3 Å². The maximum Gasteiger partial charge on any atom is 0.271 e. The first kappa shape index (κ1) is 19.7. The molecule has 0 N–H and O–H groups in total.